The van der Waals surface area contributed by atoms with E-state index in [0.717, 1.165) is 37.5 Å². The Labute approximate surface area is 118 Å². The van der Waals surface area contributed by atoms with Gasteiger partial charge in [0.15, 0.2) is 0 Å². The molecule has 4 bridgehead atoms. The lowest BCUT2D eigenvalue weighted by Gasteiger charge is -2.47. The van der Waals surface area contributed by atoms with Gasteiger partial charge in [-0.1, -0.05) is 13.8 Å². The zero-order valence-electron chi connectivity index (χ0n) is 12.2. The van der Waals surface area contributed by atoms with E-state index in [2.05, 4.69) is 13.8 Å². The van der Waals surface area contributed by atoms with E-state index in [1.54, 1.807) is 0 Å². The van der Waals surface area contributed by atoms with Gasteiger partial charge in [-0.05, 0) is 68.6 Å². The molecule has 110 valence electrons. The summed E-state index contributed by atoms with van der Waals surface area (Å²) in [5.74, 6) is 1.67. The largest absolute Gasteiger partial charge is 0.330 e. The van der Waals surface area contributed by atoms with Crippen molar-refractivity contribution in [2.75, 3.05) is 0 Å². The van der Waals surface area contributed by atoms with Crippen LogP contribution in [-0.4, -0.2) is 17.1 Å². The van der Waals surface area contributed by atoms with Gasteiger partial charge in [0.2, 0.25) is 0 Å². The fraction of sp³-hybridized carbons (Fsp3) is 1.00. The van der Waals surface area contributed by atoms with Crippen molar-refractivity contribution in [3.05, 3.63) is 0 Å². The van der Waals surface area contributed by atoms with Crippen LogP contribution >= 0.6 is 8.60 Å². The molecular formula is C15H27O3P. The molecule has 4 aliphatic heterocycles. The van der Waals surface area contributed by atoms with Crippen molar-refractivity contribution >= 4 is 8.60 Å². The summed E-state index contributed by atoms with van der Waals surface area (Å²) < 4.78 is 11.5. The lowest BCUT2D eigenvalue weighted by Crippen LogP contribution is -2.39. The highest BCUT2D eigenvalue weighted by Crippen LogP contribution is 2.52. The topological polar surface area (TPSA) is 38.7 Å². The molecule has 6 aliphatic rings. The van der Waals surface area contributed by atoms with Crippen LogP contribution in [0.25, 0.3) is 0 Å². The van der Waals surface area contributed by atoms with Crippen molar-refractivity contribution < 1.29 is 13.9 Å². The average Bonchev–Trinajstić information content (AvgIpc) is 2.38. The summed E-state index contributed by atoms with van der Waals surface area (Å²) >= 11 is 0. The van der Waals surface area contributed by atoms with Crippen molar-refractivity contribution in [2.24, 2.45) is 17.3 Å². The van der Waals surface area contributed by atoms with Crippen LogP contribution in [0.4, 0.5) is 0 Å². The van der Waals surface area contributed by atoms with Gasteiger partial charge in [0.1, 0.15) is 0 Å². The Bertz CT molecular complexity index is 277. The van der Waals surface area contributed by atoms with Gasteiger partial charge in [0, 0.05) is 0 Å². The second kappa shape index (κ2) is 5.60. The quantitative estimate of drug-likeness (QED) is 0.671. The molecule has 0 aromatic heterocycles. The Morgan fingerprint density at radius 3 is 1.53 bits per heavy atom. The molecule has 6 fully saturated rings. The molecule has 0 amide bonds. The number of hydrogen-bond donors (Lipinski definition) is 1. The third-order valence-corrected chi connectivity index (χ3v) is 6.89. The van der Waals surface area contributed by atoms with Gasteiger partial charge in [0.25, 0.3) is 0 Å². The third kappa shape index (κ3) is 3.00. The standard InChI is InChI=1S/C15H27O3P/c1-15(2)11-3-7-13(8-4-11)17-19(16)18-14-9-5-12(15)6-10-14/h11-14,16H,3-10H2,1-2H3. The van der Waals surface area contributed by atoms with E-state index in [0.29, 0.717) is 5.41 Å². The molecule has 3 nitrogen and oxygen atoms in total. The van der Waals surface area contributed by atoms with Gasteiger partial charge >= 0.3 is 8.60 Å². The molecule has 0 aromatic carbocycles. The fourth-order valence-corrected chi connectivity index (χ4v) is 5.42. The van der Waals surface area contributed by atoms with E-state index >= 15 is 0 Å². The van der Waals surface area contributed by atoms with Gasteiger partial charge in [-0.3, -0.25) is 0 Å². The van der Waals surface area contributed by atoms with E-state index in [1.165, 1.54) is 25.7 Å². The highest BCUT2D eigenvalue weighted by atomic mass is 31.2. The Balaban J connectivity index is 1.78. The molecule has 19 heavy (non-hydrogen) atoms. The van der Waals surface area contributed by atoms with Crippen molar-refractivity contribution in [1.82, 2.24) is 0 Å². The van der Waals surface area contributed by atoms with E-state index in [-0.39, 0.29) is 12.2 Å². The van der Waals surface area contributed by atoms with Crippen LogP contribution < -0.4 is 0 Å². The summed E-state index contributed by atoms with van der Waals surface area (Å²) in [7, 11) is -1.65. The first-order valence-electron chi connectivity index (χ1n) is 7.88. The lowest BCUT2D eigenvalue weighted by molar-refractivity contribution is -0.0135. The highest BCUT2D eigenvalue weighted by Gasteiger charge is 2.42. The average molecular weight is 286 g/mol. The minimum Gasteiger partial charge on any atom is -0.328 e. The summed E-state index contributed by atoms with van der Waals surface area (Å²) in [6.07, 6.45) is 9.82. The summed E-state index contributed by atoms with van der Waals surface area (Å²) in [4.78, 5) is 9.95. The molecule has 6 rings (SSSR count). The molecule has 4 heteroatoms. The first kappa shape index (κ1) is 14.3. The van der Waals surface area contributed by atoms with Crippen LogP contribution in [0, 0.1) is 17.3 Å². The van der Waals surface area contributed by atoms with Crippen LogP contribution in [0.1, 0.15) is 65.2 Å². The maximum absolute atomic E-state index is 9.95. The number of rotatable bonds is 0. The predicted molar refractivity (Wildman–Crippen MR) is 76.6 cm³/mol. The molecular weight excluding hydrogens is 259 g/mol. The molecule has 2 saturated carbocycles. The van der Waals surface area contributed by atoms with Crippen molar-refractivity contribution in [3.8, 4) is 0 Å². The first-order valence-corrected chi connectivity index (χ1v) is 9.01. The molecule has 4 heterocycles. The fourth-order valence-electron chi connectivity index (χ4n) is 4.44. The van der Waals surface area contributed by atoms with E-state index in [9.17, 15) is 4.89 Å². The van der Waals surface area contributed by atoms with Crippen LogP contribution in [0.15, 0.2) is 0 Å². The smallest absolute Gasteiger partial charge is 0.328 e. The maximum Gasteiger partial charge on any atom is 0.330 e. The predicted octanol–water partition coefficient (Wildman–Crippen LogP) is 4.40. The Kier molecular flexibility index (Phi) is 4.20. The lowest BCUT2D eigenvalue weighted by atomic mass is 9.60. The zero-order chi connectivity index (χ0) is 13.5. The van der Waals surface area contributed by atoms with E-state index in [1.807, 2.05) is 0 Å². The minimum absolute atomic E-state index is 0.223. The normalized spacial score (nSPS) is 46.6. The van der Waals surface area contributed by atoms with Crippen molar-refractivity contribution in [3.63, 3.8) is 0 Å². The van der Waals surface area contributed by atoms with E-state index in [4.69, 9.17) is 9.05 Å². The molecule has 0 spiro atoms. The van der Waals surface area contributed by atoms with Gasteiger partial charge in [-0.15, -0.1) is 0 Å². The number of hydrogen-bond acceptors (Lipinski definition) is 3. The van der Waals surface area contributed by atoms with Gasteiger partial charge in [0.05, 0.1) is 12.2 Å². The summed E-state index contributed by atoms with van der Waals surface area (Å²) in [6, 6.07) is 0. The second-order valence-electron chi connectivity index (χ2n) is 7.22. The summed E-state index contributed by atoms with van der Waals surface area (Å²) in [5.41, 5.74) is 0.457. The Morgan fingerprint density at radius 1 is 0.789 bits per heavy atom. The molecule has 4 saturated heterocycles. The summed E-state index contributed by atoms with van der Waals surface area (Å²) in [5, 5.41) is 0. The zero-order valence-corrected chi connectivity index (χ0v) is 13.1. The Hall–Kier alpha value is 0.310. The van der Waals surface area contributed by atoms with Crippen LogP contribution in [0.5, 0.6) is 0 Å². The van der Waals surface area contributed by atoms with Crippen LogP contribution in [-0.2, 0) is 9.05 Å². The molecule has 0 unspecified atom stereocenters. The van der Waals surface area contributed by atoms with Crippen molar-refractivity contribution in [1.29, 1.82) is 0 Å². The highest BCUT2D eigenvalue weighted by molar-refractivity contribution is 7.40. The van der Waals surface area contributed by atoms with E-state index < -0.39 is 8.60 Å². The minimum atomic E-state index is -1.65. The van der Waals surface area contributed by atoms with Gasteiger partial charge in [-0.2, -0.15) is 0 Å². The SMILES string of the molecule is CC1(C)C2CCC(CC2)OP(O)OC2CCC1CC2. The van der Waals surface area contributed by atoms with Crippen LogP contribution in [0.2, 0.25) is 0 Å². The molecule has 2 aliphatic carbocycles. The molecule has 0 radical (unpaired) electrons. The maximum atomic E-state index is 9.95. The first-order chi connectivity index (χ1) is 9.05. The summed E-state index contributed by atoms with van der Waals surface area (Å²) in [6.45, 7) is 4.96. The molecule has 1 N–H and O–H groups in total. The molecule has 0 aromatic rings. The second-order valence-corrected chi connectivity index (χ2v) is 8.11. The molecule has 0 atom stereocenters. The third-order valence-electron chi connectivity index (χ3n) is 5.93. The Morgan fingerprint density at radius 2 is 1.16 bits per heavy atom. The monoisotopic (exact) mass is 286 g/mol. The van der Waals surface area contributed by atoms with Gasteiger partial charge in [-0.25, -0.2) is 0 Å². The van der Waals surface area contributed by atoms with Crippen molar-refractivity contribution in [2.45, 2.75) is 77.4 Å². The van der Waals surface area contributed by atoms with Crippen LogP contribution in [0.3, 0.4) is 0 Å². The van der Waals surface area contributed by atoms with Gasteiger partial charge < -0.3 is 13.9 Å².